The number of aromatic amines is 1. The molecule has 1 aromatic heterocycles. The van der Waals surface area contributed by atoms with Crippen molar-refractivity contribution < 1.29 is 22.7 Å². The number of H-pyrrole nitrogens is 1. The van der Waals surface area contributed by atoms with Gasteiger partial charge in [0.2, 0.25) is 0 Å². The smallest absolute Gasteiger partial charge is 0.422 e. The van der Waals surface area contributed by atoms with E-state index in [0.29, 0.717) is 40.3 Å². The number of nitrogens with zero attached hydrogens (tertiary/aromatic N) is 2. The van der Waals surface area contributed by atoms with Gasteiger partial charge in [-0.3, -0.25) is 4.79 Å². The number of carbonyl (C=O) groups excluding carboxylic acids is 1. The molecule has 0 fully saturated rings. The van der Waals surface area contributed by atoms with E-state index in [1.807, 2.05) is 6.92 Å². The van der Waals surface area contributed by atoms with E-state index in [0.717, 1.165) is 0 Å². The highest BCUT2D eigenvalue weighted by Gasteiger charge is 2.28. The lowest BCUT2D eigenvalue weighted by Crippen LogP contribution is -2.40. The van der Waals surface area contributed by atoms with E-state index in [9.17, 15) is 22.8 Å². The van der Waals surface area contributed by atoms with Crippen molar-refractivity contribution in [1.82, 2.24) is 20.2 Å². The summed E-state index contributed by atoms with van der Waals surface area (Å²) in [7, 11) is 0. The number of alkyl halides is 3. The monoisotopic (exact) mass is 482 g/mol. The van der Waals surface area contributed by atoms with Crippen LogP contribution in [0.5, 0.6) is 5.75 Å². The maximum atomic E-state index is 12.7. The maximum absolute atomic E-state index is 12.7. The highest BCUT2D eigenvalue weighted by atomic mass is 35.5. The second kappa shape index (κ2) is 10.6. The van der Waals surface area contributed by atoms with Crippen molar-refractivity contribution in [2.75, 3.05) is 13.2 Å². The topological polar surface area (TPSA) is 87.3 Å². The first kappa shape index (κ1) is 24.4. The zero-order chi connectivity index (χ0) is 24.0. The molecule has 0 spiro atoms. The van der Waals surface area contributed by atoms with Gasteiger partial charge >= 0.3 is 12.2 Å². The van der Waals surface area contributed by atoms with Crippen LogP contribution in [-0.2, 0) is 13.1 Å². The number of ether oxygens (including phenoxy) is 1. The van der Waals surface area contributed by atoms with Gasteiger partial charge in [0.1, 0.15) is 11.6 Å². The Kier molecular flexibility index (Phi) is 7.80. The number of urea groups is 1. The Morgan fingerprint density at radius 3 is 2.61 bits per heavy atom. The third-order valence-electron chi connectivity index (χ3n) is 4.61. The first-order valence-electron chi connectivity index (χ1n) is 10.1. The van der Waals surface area contributed by atoms with Gasteiger partial charge in [0.25, 0.3) is 5.56 Å². The molecule has 33 heavy (non-hydrogen) atoms. The molecule has 0 atom stereocenters. The van der Waals surface area contributed by atoms with Crippen LogP contribution in [-0.4, -0.2) is 40.2 Å². The lowest BCUT2D eigenvalue weighted by molar-refractivity contribution is -0.153. The Bertz CT molecular complexity index is 1170. The minimum Gasteiger partial charge on any atom is -0.484 e. The lowest BCUT2D eigenvalue weighted by atomic mass is 10.2. The molecule has 0 radical (unpaired) electrons. The average molecular weight is 483 g/mol. The Labute approximate surface area is 192 Å². The van der Waals surface area contributed by atoms with Crippen molar-refractivity contribution in [2.24, 2.45) is 0 Å². The number of hydrogen-bond donors (Lipinski definition) is 2. The third kappa shape index (κ3) is 7.11. The molecule has 2 amide bonds. The maximum Gasteiger partial charge on any atom is 0.422 e. The van der Waals surface area contributed by atoms with Crippen LogP contribution in [0, 0.1) is 0 Å². The van der Waals surface area contributed by atoms with Crippen molar-refractivity contribution in [2.45, 2.75) is 32.6 Å². The molecule has 1 heterocycles. The van der Waals surface area contributed by atoms with E-state index in [2.05, 4.69) is 20.0 Å². The number of benzene rings is 2. The van der Waals surface area contributed by atoms with Crippen molar-refractivity contribution in [3.05, 3.63) is 69.2 Å². The predicted molar refractivity (Wildman–Crippen MR) is 118 cm³/mol. The summed E-state index contributed by atoms with van der Waals surface area (Å²) >= 11 is 5.99. The highest BCUT2D eigenvalue weighted by Crippen LogP contribution is 2.19. The second-order valence-electron chi connectivity index (χ2n) is 7.30. The molecule has 0 bridgehead atoms. The second-order valence-corrected chi connectivity index (χ2v) is 7.74. The molecule has 176 valence electrons. The van der Waals surface area contributed by atoms with Crippen LogP contribution >= 0.6 is 11.6 Å². The SMILES string of the molecule is CCCN(Cc1nc2cc(Cl)ccc2c(=O)[nH]1)C(=O)NCc1ccc(OCC(F)(F)F)cc1. The normalized spacial score (nSPS) is 11.4. The van der Waals surface area contributed by atoms with Gasteiger partial charge in [-0.05, 0) is 42.3 Å². The van der Waals surface area contributed by atoms with Crippen LogP contribution in [0.2, 0.25) is 5.02 Å². The molecule has 11 heteroatoms. The van der Waals surface area contributed by atoms with E-state index in [1.54, 1.807) is 30.3 Å². The lowest BCUT2D eigenvalue weighted by Gasteiger charge is -2.22. The minimum atomic E-state index is -4.41. The van der Waals surface area contributed by atoms with Crippen LogP contribution in [0.1, 0.15) is 24.7 Å². The summed E-state index contributed by atoms with van der Waals surface area (Å²) in [6, 6.07) is 10.4. The average Bonchev–Trinajstić information content (AvgIpc) is 2.75. The zero-order valence-electron chi connectivity index (χ0n) is 17.7. The molecule has 3 rings (SSSR count). The van der Waals surface area contributed by atoms with Crippen LogP contribution in [0.4, 0.5) is 18.0 Å². The van der Waals surface area contributed by atoms with Gasteiger partial charge < -0.3 is 19.9 Å². The van der Waals surface area contributed by atoms with Gasteiger partial charge in [-0.1, -0.05) is 30.7 Å². The first-order chi connectivity index (χ1) is 15.6. The minimum absolute atomic E-state index is 0.0847. The fourth-order valence-electron chi connectivity index (χ4n) is 3.10. The summed E-state index contributed by atoms with van der Waals surface area (Å²) in [4.78, 5) is 33.7. The van der Waals surface area contributed by atoms with Crippen LogP contribution < -0.4 is 15.6 Å². The Morgan fingerprint density at radius 1 is 1.21 bits per heavy atom. The number of rotatable bonds is 8. The number of hydrogen-bond acceptors (Lipinski definition) is 4. The highest BCUT2D eigenvalue weighted by molar-refractivity contribution is 6.31. The molecule has 0 saturated heterocycles. The van der Waals surface area contributed by atoms with Crippen LogP contribution in [0.15, 0.2) is 47.3 Å². The molecular formula is C22H22ClF3N4O3. The molecular weight excluding hydrogens is 461 g/mol. The van der Waals surface area contributed by atoms with Crippen molar-refractivity contribution in [3.63, 3.8) is 0 Å². The van der Waals surface area contributed by atoms with Gasteiger partial charge in [0.15, 0.2) is 6.61 Å². The van der Waals surface area contributed by atoms with E-state index in [4.69, 9.17) is 11.6 Å². The summed E-state index contributed by atoms with van der Waals surface area (Å²) in [6.45, 7) is 1.22. The quantitative estimate of drug-likeness (QED) is 0.489. The van der Waals surface area contributed by atoms with E-state index in [-0.39, 0.29) is 30.4 Å². The van der Waals surface area contributed by atoms with E-state index >= 15 is 0 Å². The molecule has 7 nitrogen and oxygen atoms in total. The molecule has 0 saturated carbocycles. The number of halogens is 4. The summed E-state index contributed by atoms with van der Waals surface area (Å²) < 4.78 is 41.4. The molecule has 0 unspecified atom stereocenters. The molecule has 2 aromatic carbocycles. The van der Waals surface area contributed by atoms with E-state index < -0.39 is 12.8 Å². The fraction of sp³-hybridized carbons (Fsp3) is 0.318. The van der Waals surface area contributed by atoms with E-state index in [1.165, 1.54) is 17.0 Å². The number of amides is 2. The molecule has 2 N–H and O–H groups in total. The van der Waals surface area contributed by atoms with Gasteiger partial charge in [0.05, 0.1) is 17.4 Å². The summed E-state index contributed by atoms with van der Waals surface area (Å²) in [5.74, 6) is 0.408. The summed E-state index contributed by atoms with van der Waals surface area (Å²) in [5.41, 5.74) is 0.799. The van der Waals surface area contributed by atoms with Crippen molar-refractivity contribution in [1.29, 1.82) is 0 Å². The standard InChI is InChI=1S/C22H22ClF3N4O3/c1-2-9-30(12-19-28-18-10-15(23)5-8-17(18)20(31)29-19)21(32)27-11-14-3-6-16(7-4-14)33-13-22(24,25)26/h3-8,10H,2,9,11-13H2,1H3,(H,27,32)(H,28,29,31). The van der Waals surface area contributed by atoms with Crippen LogP contribution in [0.3, 0.4) is 0 Å². The van der Waals surface area contributed by atoms with Crippen molar-refractivity contribution >= 4 is 28.5 Å². The van der Waals surface area contributed by atoms with Crippen molar-refractivity contribution in [3.8, 4) is 5.75 Å². The Hall–Kier alpha value is -3.27. The molecule has 0 aliphatic rings. The van der Waals surface area contributed by atoms with Gasteiger partial charge in [-0.25, -0.2) is 9.78 Å². The molecule has 3 aromatic rings. The van der Waals surface area contributed by atoms with Gasteiger partial charge in [0, 0.05) is 18.1 Å². The number of aromatic nitrogens is 2. The van der Waals surface area contributed by atoms with Gasteiger partial charge in [-0.15, -0.1) is 0 Å². The Balaban J connectivity index is 1.63. The Morgan fingerprint density at radius 2 is 1.94 bits per heavy atom. The summed E-state index contributed by atoms with van der Waals surface area (Å²) in [5, 5.41) is 3.61. The molecule has 0 aliphatic carbocycles. The number of carbonyl (C=O) groups is 1. The summed E-state index contributed by atoms with van der Waals surface area (Å²) in [6.07, 6.45) is -3.73. The zero-order valence-corrected chi connectivity index (χ0v) is 18.5. The first-order valence-corrected chi connectivity index (χ1v) is 10.5. The number of fused-ring (bicyclic) bond motifs is 1. The number of nitrogens with one attached hydrogen (secondary N) is 2. The van der Waals surface area contributed by atoms with Crippen LogP contribution in [0.25, 0.3) is 10.9 Å². The third-order valence-corrected chi connectivity index (χ3v) is 4.84. The van der Waals surface area contributed by atoms with Gasteiger partial charge in [-0.2, -0.15) is 13.2 Å². The predicted octanol–water partition coefficient (Wildman–Crippen LogP) is 4.64. The largest absolute Gasteiger partial charge is 0.484 e. The fourth-order valence-corrected chi connectivity index (χ4v) is 3.26. The molecule has 0 aliphatic heterocycles.